The van der Waals surface area contributed by atoms with E-state index in [4.69, 9.17) is 25.0 Å². The van der Waals surface area contributed by atoms with Gasteiger partial charge < -0.3 is 49.4 Å². The van der Waals surface area contributed by atoms with Gasteiger partial charge in [-0.15, -0.1) is 12.4 Å². The number of carbonyl (C=O) groups excluding carboxylic acids is 1. The Balaban J connectivity index is 0.000000670. The van der Waals surface area contributed by atoms with Crippen molar-refractivity contribution in [3.05, 3.63) is 227 Å². The van der Waals surface area contributed by atoms with Crippen LogP contribution < -0.4 is 22.4 Å². The molecule has 0 aliphatic carbocycles. The Hall–Kier alpha value is -6.11. The van der Waals surface area contributed by atoms with Crippen molar-refractivity contribution in [2.75, 3.05) is 26.2 Å². The van der Waals surface area contributed by atoms with Crippen molar-refractivity contribution in [1.82, 2.24) is 39.1 Å². The maximum Gasteiger partial charge on any atom is 2.00 e. The van der Waals surface area contributed by atoms with Gasteiger partial charge in [0.15, 0.2) is 25.4 Å². The summed E-state index contributed by atoms with van der Waals surface area (Å²) in [4.78, 5) is 12.3. The number of hydrogen-bond donors (Lipinski definition) is 4. The minimum atomic E-state index is -3.28. The molecule has 107 heavy (non-hydrogen) atoms. The van der Waals surface area contributed by atoms with Crippen LogP contribution in [0.3, 0.4) is 0 Å². The SMILES string of the molecule is C=C(C)c1cc(-c2ccc(-c3cccc(S(C)(=O)=O)c3)cc2)n(CC(C)C)n1.C=C(C)c1cc(-c2ccc(Br)cc2)n(CC(C)C)n1.CC(C)Cn1nc(C(C)(C)O)cc1-c1ccc(Br)cc1.CCOC(=O)c1cc(-c2ccc(Br)cc2)n(CC(C)C)n1.CO.CS(=O)(=O)c1cccc(B(O)O)c1.Cl.[Br-].[CH3-].[Mg+2]. The summed E-state index contributed by atoms with van der Waals surface area (Å²) >= 11 is 10.3. The summed E-state index contributed by atoms with van der Waals surface area (Å²) in [6.07, 6.45) is 2.29. The zero-order valence-corrected chi connectivity index (χ0v) is 74.5. The molecule has 18 nitrogen and oxygen atoms in total. The first kappa shape index (κ1) is 98.9. The molecule has 0 aliphatic heterocycles. The molecule has 10 rings (SSSR count). The average molecular weight is 1790 g/mol. The number of aliphatic hydroxyl groups is 2. The van der Waals surface area contributed by atoms with E-state index in [2.05, 4.69) is 197 Å². The van der Waals surface area contributed by atoms with Gasteiger partial charge in [-0.25, -0.2) is 21.6 Å². The van der Waals surface area contributed by atoms with Gasteiger partial charge in [0, 0.05) is 59.2 Å². The summed E-state index contributed by atoms with van der Waals surface area (Å²) in [6.45, 7) is 38.3. The van der Waals surface area contributed by atoms with Crippen LogP contribution in [0.2, 0.25) is 0 Å². The van der Waals surface area contributed by atoms with Gasteiger partial charge in [-0.1, -0.05) is 201 Å². The molecule has 27 heteroatoms. The molecular formula is C80H102BBr4ClMgN8O10S2. The molecular weight excluding hydrogens is 1690 g/mol. The van der Waals surface area contributed by atoms with Crippen molar-refractivity contribution < 1.29 is 63.6 Å². The van der Waals surface area contributed by atoms with Gasteiger partial charge in [-0.3, -0.25) is 18.7 Å². The van der Waals surface area contributed by atoms with E-state index in [9.17, 15) is 26.7 Å². The summed E-state index contributed by atoms with van der Waals surface area (Å²) in [5.74, 6) is 1.60. The van der Waals surface area contributed by atoms with Crippen LogP contribution >= 0.6 is 60.2 Å². The molecule has 10 aromatic rings. The minimum Gasteiger partial charge on any atom is -1.00 e. The van der Waals surface area contributed by atoms with E-state index in [0.29, 0.717) is 46.6 Å². The minimum absolute atomic E-state index is 0. The molecule has 574 valence electrons. The van der Waals surface area contributed by atoms with Crippen LogP contribution in [0.1, 0.15) is 118 Å². The second kappa shape index (κ2) is 45.9. The quantitative estimate of drug-likeness (QED) is 0.0297. The summed E-state index contributed by atoms with van der Waals surface area (Å²) in [7, 11) is -7.15. The number of aromatic nitrogens is 8. The number of hydrogen-bond acceptors (Lipinski definition) is 14. The normalized spacial score (nSPS) is 10.9. The van der Waals surface area contributed by atoms with Gasteiger partial charge in [-0.2, -0.15) is 20.4 Å². The molecule has 0 saturated carbocycles. The number of halogens is 5. The smallest absolute Gasteiger partial charge is 1.00 e. The fraction of sp³-hybridized carbons (Fsp3) is 0.325. The molecule has 0 amide bonds. The summed E-state index contributed by atoms with van der Waals surface area (Å²) in [6, 6.07) is 53.2. The fourth-order valence-corrected chi connectivity index (χ4v) is 12.2. The molecule has 4 aromatic heterocycles. The number of benzene rings is 6. The average Bonchev–Trinajstić information content (AvgIpc) is 1.66. The number of ether oxygens (including phenoxy) is 1. The third kappa shape index (κ3) is 31.3. The van der Waals surface area contributed by atoms with Crippen molar-refractivity contribution in [3.63, 3.8) is 0 Å². The Morgan fingerprint density at radius 1 is 0.495 bits per heavy atom. The van der Waals surface area contributed by atoms with E-state index in [-0.39, 0.29) is 76.2 Å². The Labute approximate surface area is 693 Å². The number of carbonyl (C=O) groups is 1. The van der Waals surface area contributed by atoms with Crippen molar-refractivity contribution in [1.29, 1.82) is 0 Å². The standard InChI is InChI=1S/C23H26N2O2S.C16H19BrN2O2.C16H21BrN2O.C16H19BrN2.C7H9BO4S.CH4O.CH3.BrH.ClH.Mg/c1-16(2)15-25-23(14-22(24-25)17(3)4)19-11-9-18(10-12-19)20-7-6-8-21(13-20)28(5,26)27;1-4-21-16(20)14-9-15(19(18-14)10-11(2)3)12-5-7-13(17)8-6-12;1-11(2)10-19-14(9-15(18-19)16(3,4)20)12-5-7-13(17)8-6-12;1-11(2)10-19-16(9-15(18-19)12(3)4)13-5-7-14(17)8-6-13;1-13(11,12)7-4-2-3-6(5-7)8(9)10;1-2;;;;/h6-14,16H,3,15H2,1-2,4-5H3;5-9,11H,4,10H2,1-3H3;5-9,11,20H,10H2,1-4H3;5-9,11H,3,10H2,1-2,4H3;2-5,9-10H,1H3;2H,1H3;1H3;2*1H;/q;;;;;;-1;;;+2/p-1. The molecule has 0 aliphatic rings. The van der Waals surface area contributed by atoms with Gasteiger partial charge >= 0.3 is 36.1 Å². The maximum absolute atomic E-state index is 11.9. The number of aliphatic hydroxyl groups excluding tert-OH is 1. The monoisotopic (exact) mass is 1780 g/mol. The molecule has 4 heterocycles. The predicted molar refractivity (Wildman–Crippen MR) is 449 cm³/mol. The molecule has 0 saturated heterocycles. The van der Waals surface area contributed by atoms with E-state index in [1.807, 2.05) is 88.6 Å². The number of rotatable bonds is 21. The largest absolute Gasteiger partial charge is 2.00 e. The maximum atomic E-state index is 11.9. The molecule has 4 N–H and O–H groups in total. The number of sulfone groups is 2. The number of esters is 1. The number of allylic oxidation sites excluding steroid dienone is 2. The molecule has 0 bridgehead atoms. The summed E-state index contributed by atoms with van der Waals surface area (Å²) < 4.78 is 61.9. The van der Waals surface area contributed by atoms with Crippen LogP contribution in [0, 0.1) is 31.1 Å². The van der Waals surface area contributed by atoms with Crippen LogP contribution in [-0.2, 0) is 56.2 Å². The van der Waals surface area contributed by atoms with Crippen molar-refractivity contribution in [2.45, 2.75) is 132 Å². The first-order valence-corrected chi connectivity index (χ1v) is 39.8. The molecule has 0 fully saturated rings. The van der Waals surface area contributed by atoms with Crippen LogP contribution in [-0.4, -0.2) is 139 Å². The van der Waals surface area contributed by atoms with Crippen LogP contribution in [0.5, 0.6) is 0 Å². The molecule has 0 unspecified atom stereocenters. The van der Waals surface area contributed by atoms with E-state index in [0.717, 1.165) is 126 Å². The van der Waals surface area contributed by atoms with Gasteiger partial charge in [0.2, 0.25) is 0 Å². The molecule has 0 radical (unpaired) electrons. The van der Waals surface area contributed by atoms with Gasteiger partial charge in [0.1, 0.15) is 5.60 Å². The van der Waals surface area contributed by atoms with Crippen molar-refractivity contribution in [3.8, 4) is 56.2 Å². The Bertz CT molecular complexity index is 4660. The zero-order chi connectivity index (χ0) is 76.8. The number of nitrogens with zero attached hydrogens (tertiary/aromatic N) is 8. The van der Waals surface area contributed by atoms with Crippen molar-refractivity contribution >= 4 is 133 Å². The molecule has 0 atom stereocenters. The zero-order valence-electron chi connectivity index (χ0n) is 64.3. The fourth-order valence-electron chi connectivity index (χ4n) is 10.1. The Morgan fingerprint density at radius 2 is 0.794 bits per heavy atom. The van der Waals surface area contributed by atoms with E-state index < -0.39 is 32.4 Å². The first-order chi connectivity index (χ1) is 48.3. The summed E-state index contributed by atoms with van der Waals surface area (Å²) in [5, 5.41) is 53.0. The van der Waals surface area contributed by atoms with E-state index in [1.54, 1.807) is 45.0 Å². The van der Waals surface area contributed by atoms with Crippen LogP contribution in [0.25, 0.3) is 67.3 Å². The molecule has 0 spiro atoms. The second-order valence-electron chi connectivity index (χ2n) is 26.9. The topological polar surface area (TPSA) is 247 Å². The van der Waals surface area contributed by atoms with Gasteiger partial charge in [0.25, 0.3) is 0 Å². The predicted octanol–water partition coefficient (Wildman–Crippen LogP) is 14.5. The third-order valence-corrected chi connectivity index (χ3v) is 18.8. The Morgan fingerprint density at radius 3 is 1.11 bits per heavy atom. The Kier molecular flexibility index (Phi) is 42.4. The van der Waals surface area contributed by atoms with E-state index in [1.165, 1.54) is 36.1 Å². The first-order valence-electron chi connectivity index (χ1n) is 33.6. The van der Waals surface area contributed by atoms with Gasteiger partial charge in [-0.05, 0) is 193 Å². The second-order valence-corrected chi connectivity index (χ2v) is 33.7. The summed E-state index contributed by atoms with van der Waals surface area (Å²) in [5.41, 5.74) is 14.6. The third-order valence-electron chi connectivity index (χ3n) is 15.0. The van der Waals surface area contributed by atoms with Crippen LogP contribution in [0.15, 0.2) is 206 Å². The van der Waals surface area contributed by atoms with Crippen LogP contribution in [0.4, 0.5) is 0 Å². The van der Waals surface area contributed by atoms with Gasteiger partial charge in [0.05, 0.1) is 56.3 Å². The molecule has 6 aromatic carbocycles. The van der Waals surface area contributed by atoms with E-state index >= 15 is 0 Å². The van der Waals surface area contributed by atoms with Crippen molar-refractivity contribution in [2.24, 2.45) is 23.7 Å².